The Labute approximate surface area is 109 Å². The monoisotopic (exact) mass is 300 g/mol. The first kappa shape index (κ1) is 16.0. The molecule has 0 radical (unpaired) electrons. The lowest BCUT2D eigenvalue weighted by atomic mass is 10.5. The van der Waals surface area contributed by atoms with E-state index in [-0.39, 0.29) is 23.6 Å². The van der Waals surface area contributed by atoms with Crippen molar-refractivity contribution in [1.29, 1.82) is 0 Å². The Kier molecular flexibility index (Phi) is 4.99. The minimum Gasteiger partial charge on any atom is -0.390 e. The van der Waals surface area contributed by atoms with Crippen LogP contribution in [0.15, 0.2) is 17.2 Å². The maximum atomic E-state index is 12.4. The predicted molar refractivity (Wildman–Crippen MR) is 61.8 cm³/mol. The van der Waals surface area contributed by atoms with E-state index in [0.29, 0.717) is 4.31 Å². The van der Waals surface area contributed by atoms with Gasteiger partial charge in [-0.2, -0.15) is 17.5 Å². The van der Waals surface area contributed by atoms with Gasteiger partial charge in [0.2, 0.25) is 10.0 Å². The summed E-state index contributed by atoms with van der Waals surface area (Å²) in [7, 11) is -4.21. The normalized spacial score (nSPS) is 13.2. The maximum absolute atomic E-state index is 12.4. The summed E-state index contributed by atoms with van der Waals surface area (Å²) in [4.78, 5) is 2.20. The van der Waals surface area contributed by atoms with E-state index in [1.165, 1.54) is 0 Å². The van der Waals surface area contributed by atoms with Crippen LogP contribution >= 0.6 is 0 Å². The summed E-state index contributed by atoms with van der Waals surface area (Å²) < 4.78 is 61.7. The molecule has 0 saturated heterocycles. The number of aliphatic hydroxyl groups is 1. The van der Waals surface area contributed by atoms with Gasteiger partial charge in [-0.25, -0.2) is 8.42 Å². The number of aromatic amines is 1. The summed E-state index contributed by atoms with van der Waals surface area (Å²) in [6, 6.07) is 1.12. The third-order valence-corrected chi connectivity index (χ3v) is 4.18. The molecule has 0 spiro atoms. The van der Waals surface area contributed by atoms with Crippen molar-refractivity contribution in [2.75, 3.05) is 13.1 Å². The van der Waals surface area contributed by atoms with Crippen molar-refractivity contribution in [2.24, 2.45) is 0 Å². The fourth-order valence-electron chi connectivity index (χ4n) is 1.54. The van der Waals surface area contributed by atoms with Crippen LogP contribution < -0.4 is 0 Å². The van der Waals surface area contributed by atoms with E-state index in [2.05, 4.69) is 4.98 Å². The molecule has 2 N–H and O–H groups in total. The Morgan fingerprint density at radius 3 is 2.47 bits per heavy atom. The number of aliphatic hydroxyl groups excluding tert-OH is 1. The van der Waals surface area contributed by atoms with Crippen molar-refractivity contribution >= 4 is 10.0 Å². The summed E-state index contributed by atoms with van der Waals surface area (Å²) in [5, 5.41) is 8.83. The number of hydrogen-bond donors (Lipinski definition) is 2. The molecule has 5 nitrogen and oxygen atoms in total. The van der Waals surface area contributed by atoms with Gasteiger partial charge in [0.15, 0.2) is 0 Å². The first-order valence-corrected chi connectivity index (χ1v) is 6.99. The molecule has 0 aliphatic heterocycles. The third kappa shape index (κ3) is 4.22. The number of aromatic nitrogens is 1. The molecule has 19 heavy (non-hydrogen) atoms. The van der Waals surface area contributed by atoms with Crippen LogP contribution in [-0.4, -0.2) is 42.1 Å². The number of nitrogens with zero attached hydrogens (tertiary/aromatic N) is 1. The van der Waals surface area contributed by atoms with E-state index in [9.17, 15) is 21.6 Å². The highest BCUT2D eigenvalue weighted by Crippen LogP contribution is 2.23. The van der Waals surface area contributed by atoms with Crippen molar-refractivity contribution in [3.05, 3.63) is 18.0 Å². The van der Waals surface area contributed by atoms with Crippen LogP contribution in [0.1, 0.15) is 19.0 Å². The molecule has 9 heteroatoms. The Morgan fingerprint density at radius 2 is 2.05 bits per heavy atom. The van der Waals surface area contributed by atoms with E-state index in [4.69, 9.17) is 5.11 Å². The van der Waals surface area contributed by atoms with E-state index in [1.54, 1.807) is 6.92 Å². The molecule has 0 atom stereocenters. The lowest BCUT2D eigenvalue weighted by molar-refractivity contribution is -0.136. The van der Waals surface area contributed by atoms with Gasteiger partial charge in [0.05, 0.1) is 11.5 Å². The molecule has 0 aliphatic carbocycles. The third-order valence-electron chi connectivity index (χ3n) is 2.35. The predicted octanol–water partition coefficient (Wildman–Crippen LogP) is 1.47. The Balaban J connectivity index is 3.05. The van der Waals surface area contributed by atoms with Gasteiger partial charge in [0, 0.05) is 18.4 Å². The standard InChI is InChI=1S/C10H15F3N2O3S/c1-2-3-15(7-10(11,12)13)19(17,18)9-4-8(6-16)14-5-9/h4-5,14,16H,2-3,6-7H2,1H3. The van der Waals surface area contributed by atoms with Crippen molar-refractivity contribution in [1.82, 2.24) is 9.29 Å². The molecule has 0 bridgehead atoms. The van der Waals surface area contributed by atoms with Crippen LogP contribution in [0.5, 0.6) is 0 Å². The molecule has 1 heterocycles. The van der Waals surface area contributed by atoms with Gasteiger partial charge < -0.3 is 10.1 Å². The first-order valence-electron chi connectivity index (χ1n) is 5.55. The summed E-state index contributed by atoms with van der Waals surface area (Å²) in [5.74, 6) is 0. The average molecular weight is 300 g/mol. The zero-order valence-electron chi connectivity index (χ0n) is 10.2. The van der Waals surface area contributed by atoms with Crippen LogP contribution in [0.3, 0.4) is 0 Å². The highest BCUT2D eigenvalue weighted by Gasteiger charge is 2.36. The average Bonchev–Trinajstić information content (AvgIpc) is 2.75. The molecular formula is C10H15F3N2O3S. The van der Waals surface area contributed by atoms with Crippen LogP contribution in [0, 0.1) is 0 Å². The molecular weight excluding hydrogens is 285 g/mol. The largest absolute Gasteiger partial charge is 0.402 e. The lowest BCUT2D eigenvalue weighted by Crippen LogP contribution is -2.39. The van der Waals surface area contributed by atoms with Gasteiger partial charge in [-0.1, -0.05) is 6.92 Å². The smallest absolute Gasteiger partial charge is 0.390 e. The number of rotatable bonds is 6. The first-order chi connectivity index (χ1) is 8.70. The minimum absolute atomic E-state index is 0.221. The van der Waals surface area contributed by atoms with Crippen LogP contribution in [0.2, 0.25) is 0 Å². The minimum atomic E-state index is -4.60. The number of alkyl halides is 3. The number of hydrogen-bond acceptors (Lipinski definition) is 3. The van der Waals surface area contributed by atoms with E-state index >= 15 is 0 Å². The molecule has 1 rings (SSSR count). The summed E-state index contributed by atoms with van der Waals surface area (Å²) in [5.41, 5.74) is 0.224. The van der Waals surface area contributed by atoms with Gasteiger partial charge in [-0.05, 0) is 12.5 Å². The molecule has 1 aromatic rings. The second-order valence-electron chi connectivity index (χ2n) is 3.97. The molecule has 0 aliphatic rings. The molecule has 110 valence electrons. The SMILES string of the molecule is CCCN(CC(F)(F)F)S(=O)(=O)c1c[nH]c(CO)c1. The zero-order valence-corrected chi connectivity index (χ0v) is 11.1. The van der Waals surface area contributed by atoms with Crippen molar-refractivity contribution in [3.63, 3.8) is 0 Å². The van der Waals surface area contributed by atoms with Crippen molar-refractivity contribution in [2.45, 2.75) is 31.0 Å². The second-order valence-corrected chi connectivity index (χ2v) is 5.91. The summed E-state index contributed by atoms with van der Waals surface area (Å²) in [6.45, 7) is -0.567. The number of H-pyrrole nitrogens is 1. The molecule has 0 aromatic carbocycles. The van der Waals surface area contributed by atoms with E-state index in [0.717, 1.165) is 12.3 Å². The zero-order chi connectivity index (χ0) is 14.7. The van der Waals surface area contributed by atoms with E-state index in [1.807, 2.05) is 0 Å². The topological polar surface area (TPSA) is 73.4 Å². The molecule has 1 aromatic heterocycles. The number of nitrogens with one attached hydrogen (secondary N) is 1. The highest BCUT2D eigenvalue weighted by molar-refractivity contribution is 7.89. The van der Waals surface area contributed by atoms with Crippen molar-refractivity contribution < 1.29 is 26.7 Å². The molecule has 0 fully saturated rings. The van der Waals surface area contributed by atoms with E-state index < -0.39 is 29.4 Å². The fourth-order valence-corrected chi connectivity index (χ4v) is 3.08. The number of sulfonamides is 1. The van der Waals surface area contributed by atoms with Crippen LogP contribution in [0.25, 0.3) is 0 Å². The number of halogens is 3. The Hall–Kier alpha value is -1.06. The lowest BCUT2D eigenvalue weighted by Gasteiger charge is -2.22. The second kappa shape index (κ2) is 5.93. The van der Waals surface area contributed by atoms with Crippen LogP contribution in [-0.2, 0) is 16.6 Å². The summed E-state index contributed by atoms with van der Waals surface area (Å²) >= 11 is 0. The van der Waals surface area contributed by atoms with Crippen molar-refractivity contribution in [3.8, 4) is 0 Å². The molecule has 0 saturated carbocycles. The van der Waals surface area contributed by atoms with Crippen LogP contribution in [0.4, 0.5) is 13.2 Å². The summed E-state index contributed by atoms with van der Waals surface area (Å²) in [6.07, 6.45) is -3.26. The Morgan fingerprint density at radius 1 is 1.42 bits per heavy atom. The quantitative estimate of drug-likeness (QED) is 0.835. The van der Waals surface area contributed by atoms with Gasteiger partial charge >= 0.3 is 6.18 Å². The maximum Gasteiger partial charge on any atom is 0.402 e. The molecule has 0 unspecified atom stereocenters. The van der Waals surface area contributed by atoms with Gasteiger partial charge in [0.25, 0.3) is 0 Å². The fraction of sp³-hybridized carbons (Fsp3) is 0.600. The highest BCUT2D eigenvalue weighted by atomic mass is 32.2. The van der Waals surface area contributed by atoms with Gasteiger partial charge in [-0.15, -0.1) is 0 Å². The molecule has 0 amide bonds. The van der Waals surface area contributed by atoms with Gasteiger partial charge in [-0.3, -0.25) is 0 Å². The van der Waals surface area contributed by atoms with Gasteiger partial charge in [0.1, 0.15) is 6.54 Å². The Bertz CT molecular complexity index is 510.